The lowest BCUT2D eigenvalue weighted by Crippen LogP contribution is -2.47. The molecule has 1 heterocycles. The zero-order chi connectivity index (χ0) is 20.1. The van der Waals surface area contributed by atoms with Gasteiger partial charge in [0.15, 0.2) is 5.11 Å². The molecule has 0 amide bonds. The minimum absolute atomic E-state index is 0.0304. The van der Waals surface area contributed by atoms with E-state index in [0.29, 0.717) is 12.6 Å². The topological polar surface area (TPSA) is 51.4 Å². The highest BCUT2D eigenvalue weighted by Gasteiger charge is 2.19. The fraction of sp³-hybridized carbons (Fsp3) is 0.545. The Morgan fingerprint density at radius 1 is 1.21 bits per heavy atom. The molecule has 28 heavy (non-hydrogen) atoms. The smallest absolute Gasteiger partial charge is 0.253 e. The summed E-state index contributed by atoms with van der Waals surface area (Å²) in [5.74, 6) is 0. The molecule has 0 unspecified atom stereocenters. The van der Waals surface area contributed by atoms with Crippen LogP contribution in [-0.2, 0) is 6.54 Å². The quantitative estimate of drug-likeness (QED) is 0.728. The van der Waals surface area contributed by atoms with Crippen LogP contribution in [0.3, 0.4) is 0 Å². The predicted octanol–water partition coefficient (Wildman–Crippen LogP) is 3.41. The first kappa shape index (κ1) is 20.8. The van der Waals surface area contributed by atoms with Crippen LogP contribution in [0.15, 0.2) is 29.1 Å². The number of likely N-dealkylation sites (N-methyl/N-ethyl adjacent to an activating group) is 1. The normalized spacial score (nSPS) is 15.1. The van der Waals surface area contributed by atoms with Crippen LogP contribution in [0.1, 0.15) is 43.2 Å². The number of para-hydroxylation sites is 1. The van der Waals surface area contributed by atoms with Crippen molar-refractivity contribution in [3.8, 4) is 0 Å². The summed E-state index contributed by atoms with van der Waals surface area (Å²) in [6.07, 6.45) is 6.21. The van der Waals surface area contributed by atoms with E-state index in [-0.39, 0.29) is 5.56 Å². The van der Waals surface area contributed by atoms with Crippen molar-refractivity contribution in [2.24, 2.45) is 0 Å². The van der Waals surface area contributed by atoms with Crippen molar-refractivity contribution < 1.29 is 0 Å². The van der Waals surface area contributed by atoms with Gasteiger partial charge in [0.25, 0.3) is 5.56 Å². The van der Waals surface area contributed by atoms with Gasteiger partial charge in [-0.25, -0.2) is 0 Å². The highest BCUT2D eigenvalue weighted by Crippen LogP contribution is 2.19. The monoisotopic (exact) mass is 400 g/mol. The molecule has 6 heteroatoms. The molecule has 152 valence electrons. The van der Waals surface area contributed by atoms with Gasteiger partial charge in [-0.05, 0) is 63.1 Å². The van der Waals surface area contributed by atoms with Gasteiger partial charge in [-0.15, -0.1) is 0 Å². The number of hydrogen-bond donors (Lipinski definition) is 2. The number of H-pyrrole nitrogens is 1. The maximum Gasteiger partial charge on any atom is 0.253 e. The van der Waals surface area contributed by atoms with Crippen LogP contribution < -0.4 is 10.9 Å². The van der Waals surface area contributed by atoms with E-state index in [1.54, 1.807) is 0 Å². The van der Waals surface area contributed by atoms with Gasteiger partial charge in [0, 0.05) is 24.7 Å². The van der Waals surface area contributed by atoms with Crippen LogP contribution in [0.25, 0.3) is 10.9 Å². The predicted molar refractivity (Wildman–Crippen MR) is 121 cm³/mol. The van der Waals surface area contributed by atoms with Gasteiger partial charge in [0.05, 0.1) is 12.1 Å². The van der Waals surface area contributed by atoms with Gasteiger partial charge < -0.3 is 20.1 Å². The number of pyridine rings is 1. The van der Waals surface area contributed by atoms with Crippen molar-refractivity contribution in [3.63, 3.8) is 0 Å². The second-order valence-corrected chi connectivity index (χ2v) is 8.56. The SMILES string of the molecule is Cc1cccc2cc(CN(CCN(C)C)C(=S)NC3CCCCC3)c(=O)[nH]c12. The highest BCUT2D eigenvalue weighted by molar-refractivity contribution is 7.80. The molecule has 1 aromatic carbocycles. The first-order chi connectivity index (χ1) is 13.4. The van der Waals surface area contributed by atoms with Crippen LogP contribution in [0.2, 0.25) is 0 Å². The summed E-state index contributed by atoms with van der Waals surface area (Å²) < 4.78 is 0. The van der Waals surface area contributed by atoms with Gasteiger partial charge in [0.2, 0.25) is 0 Å². The highest BCUT2D eigenvalue weighted by atomic mass is 32.1. The molecular weight excluding hydrogens is 368 g/mol. The maximum absolute atomic E-state index is 12.7. The Kier molecular flexibility index (Phi) is 7.08. The lowest BCUT2D eigenvalue weighted by atomic mass is 9.96. The van der Waals surface area contributed by atoms with Gasteiger partial charge in [-0.1, -0.05) is 37.5 Å². The number of aromatic amines is 1. The molecule has 2 aromatic rings. The van der Waals surface area contributed by atoms with Gasteiger partial charge in [-0.2, -0.15) is 0 Å². The summed E-state index contributed by atoms with van der Waals surface area (Å²) in [6.45, 7) is 4.21. The third-order valence-electron chi connectivity index (χ3n) is 5.56. The van der Waals surface area contributed by atoms with E-state index in [2.05, 4.69) is 34.2 Å². The molecule has 1 saturated carbocycles. The number of aromatic nitrogens is 1. The van der Waals surface area contributed by atoms with Crippen molar-refractivity contribution in [2.75, 3.05) is 27.2 Å². The molecule has 3 rings (SSSR count). The molecule has 1 aliphatic rings. The number of rotatable bonds is 6. The molecule has 0 bridgehead atoms. The van der Waals surface area contributed by atoms with Crippen LogP contribution in [0, 0.1) is 6.92 Å². The summed E-state index contributed by atoms with van der Waals surface area (Å²) in [7, 11) is 4.11. The van der Waals surface area contributed by atoms with Crippen LogP contribution in [0.4, 0.5) is 0 Å². The summed E-state index contributed by atoms with van der Waals surface area (Å²) >= 11 is 5.75. The van der Waals surface area contributed by atoms with Gasteiger partial charge >= 0.3 is 0 Å². The number of nitrogens with zero attached hydrogens (tertiary/aromatic N) is 2. The minimum Gasteiger partial charge on any atom is -0.360 e. The zero-order valence-electron chi connectivity index (χ0n) is 17.3. The van der Waals surface area contributed by atoms with Gasteiger partial charge in [-0.3, -0.25) is 4.79 Å². The molecule has 0 atom stereocenters. The summed E-state index contributed by atoms with van der Waals surface area (Å²) in [6, 6.07) is 8.56. The van der Waals surface area contributed by atoms with Crippen LogP contribution in [-0.4, -0.2) is 53.1 Å². The Morgan fingerprint density at radius 2 is 1.96 bits per heavy atom. The molecule has 1 fully saturated rings. The lowest BCUT2D eigenvalue weighted by molar-refractivity contribution is 0.314. The lowest BCUT2D eigenvalue weighted by Gasteiger charge is -2.31. The fourth-order valence-electron chi connectivity index (χ4n) is 3.84. The van der Waals surface area contributed by atoms with E-state index in [9.17, 15) is 4.79 Å². The third-order valence-corrected chi connectivity index (χ3v) is 5.94. The molecular formula is C22H32N4OS. The Hall–Kier alpha value is -1.92. The molecule has 0 aliphatic heterocycles. The van der Waals surface area contributed by atoms with E-state index < -0.39 is 0 Å². The fourth-order valence-corrected chi connectivity index (χ4v) is 4.16. The van der Waals surface area contributed by atoms with E-state index in [1.165, 1.54) is 32.1 Å². The Labute approximate surface area is 173 Å². The number of aryl methyl sites for hydroxylation is 1. The Balaban J connectivity index is 1.80. The number of nitrogens with one attached hydrogen (secondary N) is 2. The Bertz CT molecular complexity index is 870. The number of hydrogen-bond acceptors (Lipinski definition) is 3. The van der Waals surface area contributed by atoms with Crippen molar-refractivity contribution in [2.45, 2.75) is 51.6 Å². The summed E-state index contributed by atoms with van der Waals surface area (Å²) in [4.78, 5) is 20.1. The van der Waals surface area contributed by atoms with Crippen molar-refractivity contribution in [3.05, 3.63) is 45.7 Å². The Morgan fingerprint density at radius 3 is 2.68 bits per heavy atom. The maximum atomic E-state index is 12.7. The molecule has 0 spiro atoms. The molecule has 1 aromatic heterocycles. The van der Waals surface area contributed by atoms with E-state index >= 15 is 0 Å². The standard InChI is InChI=1S/C22H32N4OS/c1-16-8-7-9-17-14-18(21(27)24-20(16)17)15-26(13-12-25(2)3)22(28)23-19-10-5-4-6-11-19/h7-9,14,19H,4-6,10-13,15H2,1-3H3,(H,23,28)(H,24,27). The van der Waals surface area contributed by atoms with Crippen molar-refractivity contribution in [1.82, 2.24) is 20.1 Å². The third kappa shape index (κ3) is 5.32. The minimum atomic E-state index is -0.0304. The zero-order valence-corrected chi connectivity index (χ0v) is 18.1. The van der Waals surface area contributed by atoms with Crippen LogP contribution in [0.5, 0.6) is 0 Å². The van der Waals surface area contributed by atoms with E-state index in [0.717, 1.165) is 40.2 Å². The summed E-state index contributed by atoms with van der Waals surface area (Å²) in [5, 5.41) is 5.38. The van der Waals surface area contributed by atoms with Crippen molar-refractivity contribution in [1.29, 1.82) is 0 Å². The second-order valence-electron chi connectivity index (χ2n) is 8.17. The van der Waals surface area contributed by atoms with Crippen LogP contribution >= 0.6 is 12.2 Å². The van der Waals surface area contributed by atoms with Crippen molar-refractivity contribution >= 4 is 28.2 Å². The first-order valence-electron chi connectivity index (χ1n) is 10.3. The molecule has 2 N–H and O–H groups in total. The average Bonchev–Trinajstić information content (AvgIpc) is 2.67. The summed E-state index contributed by atoms with van der Waals surface area (Å²) in [5.41, 5.74) is 2.72. The van der Waals surface area contributed by atoms with Gasteiger partial charge in [0.1, 0.15) is 0 Å². The molecule has 0 saturated heterocycles. The largest absolute Gasteiger partial charge is 0.360 e. The molecule has 0 radical (unpaired) electrons. The molecule has 5 nitrogen and oxygen atoms in total. The molecule has 1 aliphatic carbocycles. The first-order valence-corrected chi connectivity index (χ1v) is 10.7. The van der Waals surface area contributed by atoms with E-state index in [4.69, 9.17) is 12.2 Å². The number of fused-ring (bicyclic) bond motifs is 1. The number of benzene rings is 1. The average molecular weight is 401 g/mol. The number of thiocarbonyl (C=S) groups is 1. The van der Waals surface area contributed by atoms with E-state index in [1.807, 2.05) is 31.2 Å². The second kappa shape index (κ2) is 9.52.